The summed E-state index contributed by atoms with van der Waals surface area (Å²) >= 11 is 0. The van der Waals surface area contributed by atoms with Crippen LogP contribution >= 0.6 is 0 Å². The lowest BCUT2D eigenvalue weighted by Crippen LogP contribution is -2.30. The van der Waals surface area contributed by atoms with Crippen molar-refractivity contribution in [1.29, 1.82) is 0 Å². The molecule has 0 aliphatic heterocycles. The van der Waals surface area contributed by atoms with Crippen molar-refractivity contribution in [2.75, 3.05) is 4.31 Å². The minimum Gasteiger partial charge on any atom is -0.227 e. The Hall–Kier alpha value is -2.29. The largest absolute Gasteiger partial charge is 0.269 e. The van der Waals surface area contributed by atoms with E-state index in [2.05, 4.69) is 37.7 Å². The molecule has 0 heterocycles. The fourth-order valence-electron chi connectivity index (χ4n) is 2.13. The van der Waals surface area contributed by atoms with Crippen LogP contribution in [0.4, 0.5) is 5.69 Å². The monoisotopic (exact) mass is 369 g/mol. The predicted molar refractivity (Wildman–Crippen MR) is 108 cm³/mol. The van der Waals surface area contributed by atoms with Gasteiger partial charge in [-0.2, -0.15) is 0 Å². The molecule has 0 aliphatic carbocycles. The van der Waals surface area contributed by atoms with E-state index in [1.165, 1.54) is 4.31 Å². The van der Waals surface area contributed by atoms with Gasteiger partial charge in [0.1, 0.15) is 8.07 Å². The molecule has 0 saturated heterocycles. The van der Waals surface area contributed by atoms with Gasteiger partial charge >= 0.3 is 0 Å². The third-order valence-corrected chi connectivity index (χ3v) is 6.03. The number of nitrogens with zero attached hydrogens (tertiary/aromatic N) is 1. The van der Waals surface area contributed by atoms with Crippen LogP contribution in [-0.4, -0.2) is 16.5 Å². The third-order valence-electron chi connectivity index (χ3n) is 3.38. The molecule has 0 atom stereocenters. The first kappa shape index (κ1) is 19.0. The van der Waals surface area contributed by atoms with Gasteiger partial charge in [0.25, 0.3) is 10.0 Å². The number of rotatable bonds is 4. The Balaban J connectivity index is 2.57. The number of para-hydroxylation sites is 1. The zero-order valence-electron chi connectivity index (χ0n) is 15.1. The van der Waals surface area contributed by atoms with Crippen molar-refractivity contribution in [3.63, 3.8) is 0 Å². The summed E-state index contributed by atoms with van der Waals surface area (Å²) in [6, 6.07) is 15.7. The number of hydrogen-bond donors (Lipinski definition) is 0. The van der Waals surface area contributed by atoms with E-state index >= 15 is 0 Å². The van der Waals surface area contributed by atoms with Gasteiger partial charge in [-0.3, -0.25) is 0 Å². The molecule has 5 heteroatoms. The highest BCUT2D eigenvalue weighted by Crippen LogP contribution is 2.27. The molecule has 25 heavy (non-hydrogen) atoms. The minimum absolute atomic E-state index is 0.220. The lowest BCUT2D eigenvalue weighted by Gasteiger charge is -2.24. The maximum absolute atomic E-state index is 13.2. The number of anilines is 1. The number of allylic oxidation sites excluding steroid dienone is 1. The summed E-state index contributed by atoms with van der Waals surface area (Å²) in [5.41, 5.74) is 4.97. The summed E-state index contributed by atoms with van der Waals surface area (Å²) < 4.78 is 27.7. The second-order valence-electron chi connectivity index (χ2n) is 6.86. The van der Waals surface area contributed by atoms with E-state index in [0.29, 0.717) is 5.69 Å². The highest BCUT2D eigenvalue weighted by Gasteiger charge is 2.27. The maximum Gasteiger partial charge on any atom is 0.269 e. The zero-order chi connectivity index (χ0) is 18.7. The molecule has 0 spiro atoms. The lowest BCUT2D eigenvalue weighted by molar-refractivity contribution is 0.595. The van der Waals surface area contributed by atoms with E-state index in [0.717, 1.165) is 5.56 Å². The Morgan fingerprint density at radius 1 is 1.00 bits per heavy atom. The predicted octanol–water partition coefficient (Wildman–Crippen LogP) is 4.58. The molecular weight excluding hydrogens is 346 g/mol. The van der Waals surface area contributed by atoms with Crippen molar-refractivity contribution in [1.82, 2.24) is 0 Å². The zero-order valence-corrected chi connectivity index (χ0v) is 16.9. The molecule has 0 aliphatic rings. The fourth-order valence-corrected chi connectivity index (χ4v) is 4.07. The molecule has 130 valence electrons. The molecule has 2 aromatic carbocycles. The van der Waals surface area contributed by atoms with Crippen LogP contribution in [0.2, 0.25) is 19.6 Å². The first-order valence-corrected chi connectivity index (χ1v) is 12.9. The summed E-state index contributed by atoms with van der Waals surface area (Å²) in [4.78, 5) is 0.220. The molecule has 0 amide bonds. The van der Waals surface area contributed by atoms with Crippen LogP contribution in [0.1, 0.15) is 5.56 Å². The third kappa shape index (κ3) is 4.85. The molecule has 3 nitrogen and oxygen atoms in total. The molecule has 0 unspecified atom stereocenters. The number of hydrogen-bond acceptors (Lipinski definition) is 2. The van der Waals surface area contributed by atoms with Gasteiger partial charge < -0.3 is 0 Å². The van der Waals surface area contributed by atoms with Gasteiger partial charge in [0, 0.05) is 0 Å². The molecule has 0 N–H and O–H groups in total. The smallest absolute Gasteiger partial charge is 0.227 e. The van der Waals surface area contributed by atoms with Gasteiger partial charge in [0.2, 0.25) is 0 Å². The summed E-state index contributed by atoms with van der Waals surface area (Å²) in [5.74, 6) is 2.97. The van der Waals surface area contributed by atoms with Crippen molar-refractivity contribution in [3.8, 4) is 11.5 Å². The molecule has 2 aromatic rings. The Labute approximate surface area is 152 Å². The molecule has 0 fully saturated rings. The van der Waals surface area contributed by atoms with Gasteiger partial charge in [-0.25, -0.2) is 12.7 Å². The van der Waals surface area contributed by atoms with E-state index in [1.807, 2.05) is 13.0 Å². The van der Waals surface area contributed by atoms with E-state index in [9.17, 15) is 8.42 Å². The Morgan fingerprint density at radius 3 is 2.08 bits per heavy atom. The SMILES string of the molecule is C=C(C#C[Si](C)(C)C)N(c1ccccc1)S(=O)(=O)c1ccc(C)cc1. The van der Waals surface area contributed by atoms with Crippen molar-refractivity contribution in [2.45, 2.75) is 31.5 Å². The molecule has 0 bridgehead atoms. The highest BCUT2D eigenvalue weighted by atomic mass is 32.2. The van der Waals surface area contributed by atoms with Crippen LogP contribution in [-0.2, 0) is 10.0 Å². The number of aryl methyl sites for hydroxylation is 1. The summed E-state index contributed by atoms with van der Waals surface area (Å²) in [7, 11) is -5.45. The summed E-state index contributed by atoms with van der Waals surface area (Å²) in [6.45, 7) is 12.2. The van der Waals surface area contributed by atoms with Crippen LogP contribution in [0.3, 0.4) is 0 Å². The Kier molecular flexibility index (Phi) is 5.56. The van der Waals surface area contributed by atoms with E-state index in [-0.39, 0.29) is 10.6 Å². The average Bonchev–Trinajstić information content (AvgIpc) is 2.54. The topological polar surface area (TPSA) is 37.4 Å². The Morgan fingerprint density at radius 2 is 1.56 bits per heavy atom. The molecule has 0 saturated carbocycles. The minimum atomic E-state index is -3.79. The number of benzene rings is 2. The van der Waals surface area contributed by atoms with Gasteiger partial charge in [0.05, 0.1) is 16.3 Å². The van der Waals surface area contributed by atoms with Gasteiger partial charge in [0.15, 0.2) is 0 Å². The van der Waals surface area contributed by atoms with E-state index in [4.69, 9.17) is 0 Å². The van der Waals surface area contributed by atoms with Crippen molar-refractivity contribution in [3.05, 3.63) is 72.4 Å². The van der Waals surface area contributed by atoms with Crippen molar-refractivity contribution in [2.24, 2.45) is 0 Å². The van der Waals surface area contributed by atoms with Crippen molar-refractivity contribution >= 4 is 23.8 Å². The van der Waals surface area contributed by atoms with E-state index < -0.39 is 18.1 Å². The van der Waals surface area contributed by atoms with Gasteiger partial charge in [-0.1, -0.05) is 68.0 Å². The van der Waals surface area contributed by atoms with Crippen LogP contribution in [0.25, 0.3) is 0 Å². The molecule has 2 rings (SSSR count). The molecular formula is C20H23NO2SSi. The van der Waals surface area contributed by atoms with Gasteiger partial charge in [-0.05, 0) is 31.2 Å². The second kappa shape index (κ2) is 7.30. The summed E-state index contributed by atoms with van der Waals surface area (Å²) in [6.07, 6.45) is 0. The number of sulfonamides is 1. The van der Waals surface area contributed by atoms with Crippen LogP contribution in [0.5, 0.6) is 0 Å². The summed E-state index contributed by atoms with van der Waals surface area (Å²) in [5, 5.41) is 0. The Bertz CT molecular complexity index is 916. The highest BCUT2D eigenvalue weighted by molar-refractivity contribution is 7.93. The maximum atomic E-state index is 13.2. The average molecular weight is 370 g/mol. The lowest BCUT2D eigenvalue weighted by atomic mass is 10.2. The van der Waals surface area contributed by atoms with Crippen LogP contribution in [0.15, 0.2) is 71.8 Å². The standard InChI is InChI=1S/C20H23NO2SSi/c1-17-11-13-20(14-12-17)24(22,23)21(19-9-7-6-8-10-19)18(2)15-16-25(3,4)5/h6-14H,2H2,1,3-5H3. The van der Waals surface area contributed by atoms with Crippen LogP contribution in [0, 0.1) is 18.4 Å². The first-order chi connectivity index (χ1) is 11.6. The van der Waals surface area contributed by atoms with Gasteiger partial charge in [-0.15, -0.1) is 5.54 Å². The fraction of sp³-hybridized carbons (Fsp3) is 0.200. The quantitative estimate of drug-likeness (QED) is 0.584. The first-order valence-electron chi connectivity index (χ1n) is 8.00. The van der Waals surface area contributed by atoms with E-state index in [1.54, 1.807) is 48.5 Å². The van der Waals surface area contributed by atoms with Crippen molar-refractivity contribution < 1.29 is 8.42 Å². The molecule has 0 aromatic heterocycles. The van der Waals surface area contributed by atoms with Crippen LogP contribution < -0.4 is 4.31 Å². The normalized spacial score (nSPS) is 11.4. The molecule has 0 radical (unpaired) electrons. The second-order valence-corrected chi connectivity index (χ2v) is 13.4.